The van der Waals surface area contributed by atoms with Gasteiger partial charge in [-0.25, -0.2) is 9.55 Å². The fraction of sp³-hybridized carbons (Fsp3) is 0.385. The summed E-state index contributed by atoms with van der Waals surface area (Å²) in [6, 6.07) is 10.9. The van der Waals surface area contributed by atoms with Gasteiger partial charge in [-0.3, -0.25) is 9.59 Å². The van der Waals surface area contributed by atoms with Crippen LogP contribution in [0.25, 0.3) is 10.9 Å². The largest absolute Gasteiger partial charge is 0.497 e. The molecular weight excluding hydrogens is 494 g/mol. The molecule has 10 nitrogen and oxygen atoms in total. The van der Waals surface area contributed by atoms with E-state index >= 15 is 0 Å². The average molecular weight is 524 g/mol. The quantitative estimate of drug-likeness (QED) is 0.468. The second-order valence-electron chi connectivity index (χ2n) is 8.95. The van der Waals surface area contributed by atoms with Gasteiger partial charge in [0.2, 0.25) is 10.7 Å². The Kier molecular flexibility index (Phi) is 6.88. The Balaban J connectivity index is 1.24. The van der Waals surface area contributed by atoms with Crippen LogP contribution in [0.3, 0.4) is 0 Å². The van der Waals surface area contributed by atoms with Gasteiger partial charge in [0, 0.05) is 55.8 Å². The minimum absolute atomic E-state index is 0.0360. The Morgan fingerprint density at radius 2 is 1.78 bits per heavy atom. The Morgan fingerprint density at radius 3 is 2.49 bits per heavy atom. The zero-order valence-electron chi connectivity index (χ0n) is 21.0. The Labute approximate surface area is 219 Å². The van der Waals surface area contributed by atoms with E-state index in [0.717, 1.165) is 24.5 Å². The summed E-state index contributed by atoms with van der Waals surface area (Å²) in [6.45, 7) is 2.74. The lowest BCUT2D eigenvalue weighted by Crippen LogP contribution is -2.49. The number of rotatable bonds is 7. The van der Waals surface area contributed by atoms with Gasteiger partial charge in [-0.2, -0.15) is 0 Å². The molecule has 0 radical (unpaired) electrons. The number of hydrogen-bond donors (Lipinski definition) is 1. The molecule has 1 N–H and O–H groups in total. The van der Waals surface area contributed by atoms with Crippen LogP contribution in [0.5, 0.6) is 17.2 Å². The van der Waals surface area contributed by atoms with E-state index < -0.39 is 6.04 Å². The van der Waals surface area contributed by atoms with Gasteiger partial charge >= 0.3 is 0 Å². The third-order valence-corrected chi connectivity index (χ3v) is 7.19. The van der Waals surface area contributed by atoms with Crippen LogP contribution in [0.2, 0.25) is 0 Å². The first-order valence-corrected chi connectivity index (χ1v) is 12.5. The number of fused-ring (bicyclic) bond motifs is 3. The van der Waals surface area contributed by atoms with Crippen molar-refractivity contribution in [3.63, 3.8) is 0 Å². The maximum Gasteiger partial charge on any atom is 0.257 e. The van der Waals surface area contributed by atoms with Gasteiger partial charge in [-0.05, 0) is 36.8 Å². The summed E-state index contributed by atoms with van der Waals surface area (Å²) < 4.78 is 17.7. The summed E-state index contributed by atoms with van der Waals surface area (Å²) in [7, 11) is 4.75. The maximum absolute atomic E-state index is 13.2. The molecule has 194 valence electrons. The molecule has 3 aromatic rings. The minimum atomic E-state index is -0.566. The zero-order valence-corrected chi connectivity index (χ0v) is 21.8. The minimum Gasteiger partial charge on any atom is -0.497 e. The average Bonchev–Trinajstić information content (AvgIpc) is 3.27. The molecule has 2 aliphatic heterocycles. The van der Waals surface area contributed by atoms with Crippen LogP contribution in [0, 0.1) is 4.77 Å². The number of methoxy groups -OCH3 is 3. The van der Waals surface area contributed by atoms with Crippen molar-refractivity contribution in [3.05, 3.63) is 41.2 Å². The second kappa shape index (κ2) is 10.3. The topological polar surface area (TPSA) is 98.2 Å². The molecule has 0 bridgehead atoms. The molecule has 0 saturated carbocycles. The van der Waals surface area contributed by atoms with Crippen LogP contribution < -0.4 is 24.4 Å². The summed E-state index contributed by atoms with van der Waals surface area (Å²) in [5, 5.41) is 3.97. The lowest BCUT2D eigenvalue weighted by molar-refractivity contribution is -0.131. The fourth-order valence-electron chi connectivity index (χ4n) is 4.89. The monoisotopic (exact) mass is 523 g/mol. The molecule has 5 rings (SSSR count). The number of carbonyl (C=O) groups is 2. The standard InChI is InChI=1S/C26H29N5O5S/c1-34-17-6-4-5-16(13-17)29-9-11-30(12-10-29)23(32)8-7-19-25(33)31-24(27-19)18-14-21(35-2)22(36-3)15-20(18)28-26(31)37/h4-6,13-15,19,27H,7-12H2,1-3H3/t19-/m0/s1. The molecule has 2 aliphatic rings. The number of carbonyl (C=O) groups excluding carboxylic acids is 2. The van der Waals surface area contributed by atoms with Crippen molar-refractivity contribution in [2.24, 2.45) is 0 Å². The van der Waals surface area contributed by atoms with E-state index in [4.69, 9.17) is 26.4 Å². The number of piperazine rings is 1. The van der Waals surface area contributed by atoms with E-state index in [-0.39, 0.29) is 23.0 Å². The van der Waals surface area contributed by atoms with E-state index in [1.807, 2.05) is 29.2 Å². The molecule has 1 fully saturated rings. The van der Waals surface area contributed by atoms with Crippen molar-refractivity contribution < 1.29 is 23.8 Å². The van der Waals surface area contributed by atoms with E-state index in [1.54, 1.807) is 33.5 Å². The normalized spacial score (nSPS) is 16.9. The molecule has 1 amide bonds. The number of hydrogen-bond acceptors (Lipinski definition) is 9. The molecule has 1 atom stereocenters. The fourth-order valence-corrected chi connectivity index (χ4v) is 5.17. The van der Waals surface area contributed by atoms with Crippen molar-refractivity contribution in [1.82, 2.24) is 14.5 Å². The Bertz CT molecular complexity index is 1420. The molecule has 0 aliphatic carbocycles. The molecule has 0 spiro atoms. The first kappa shape index (κ1) is 24.8. The number of amides is 1. The van der Waals surface area contributed by atoms with Crippen molar-refractivity contribution >= 4 is 46.4 Å². The first-order chi connectivity index (χ1) is 17.9. The van der Waals surface area contributed by atoms with Gasteiger partial charge in [0.1, 0.15) is 17.6 Å². The molecule has 3 heterocycles. The number of aromatic nitrogens is 2. The van der Waals surface area contributed by atoms with Gasteiger partial charge in [0.05, 0.1) is 26.8 Å². The highest BCUT2D eigenvalue weighted by Gasteiger charge is 2.33. The highest BCUT2D eigenvalue weighted by atomic mass is 32.1. The van der Waals surface area contributed by atoms with Crippen LogP contribution >= 0.6 is 12.2 Å². The molecule has 1 saturated heterocycles. The summed E-state index contributed by atoms with van der Waals surface area (Å²) in [5.74, 6) is 2.25. The number of anilines is 2. The molecule has 11 heteroatoms. The van der Waals surface area contributed by atoms with Gasteiger partial charge in [-0.15, -0.1) is 0 Å². The van der Waals surface area contributed by atoms with Crippen molar-refractivity contribution in [2.45, 2.75) is 18.9 Å². The van der Waals surface area contributed by atoms with Gasteiger partial charge in [0.25, 0.3) is 5.91 Å². The smallest absolute Gasteiger partial charge is 0.257 e. The third kappa shape index (κ3) is 4.66. The van der Waals surface area contributed by atoms with Gasteiger partial charge < -0.3 is 29.3 Å². The Morgan fingerprint density at radius 1 is 1.05 bits per heavy atom. The van der Waals surface area contributed by atoms with Crippen LogP contribution in [-0.4, -0.2) is 79.8 Å². The van der Waals surface area contributed by atoms with Crippen LogP contribution in [0.4, 0.5) is 11.5 Å². The number of benzene rings is 2. The maximum atomic E-state index is 13.2. The van der Waals surface area contributed by atoms with Crippen LogP contribution in [0.1, 0.15) is 17.6 Å². The molecular formula is C26H29N5O5S. The molecule has 37 heavy (non-hydrogen) atoms. The number of nitrogens with zero attached hydrogens (tertiary/aromatic N) is 4. The summed E-state index contributed by atoms with van der Waals surface area (Å²) in [6.07, 6.45) is 0.616. The second-order valence-corrected chi connectivity index (χ2v) is 9.31. The van der Waals surface area contributed by atoms with Gasteiger partial charge in [-0.1, -0.05) is 6.07 Å². The van der Waals surface area contributed by atoms with Crippen LogP contribution in [0.15, 0.2) is 36.4 Å². The molecule has 0 unspecified atom stereocenters. The van der Waals surface area contributed by atoms with Crippen LogP contribution in [-0.2, 0) is 4.79 Å². The Hall–Kier alpha value is -3.86. The van der Waals surface area contributed by atoms with Gasteiger partial charge in [0.15, 0.2) is 11.5 Å². The lowest BCUT2D eigenvalue weighted by atomic mass is 10.1. The number of ether oxygens (including phenoxy) is 3. The van der Waals surface area contributed by atoms with E-state index in [2.05, 4.69) is 15.2 Å². The van der Waals surface area contributed by atoms with Crippen molar-refractivity contribution in [1.29, 1.82) is 0 Å². The highest BCUT2D eigenvalue weighted by molar-refractivity contribution is 7.71. The summed E-state index contributed by atoms with van der Waals surface area (Å²) >= 11 is 5.41. The lowest BCUT2D eigenvalue weighted by Gasteiger charge is -2.36. The third-order valence-electron chi connectivity index (χ3n) is 6.92. The van der Waals surface area contributed by atoms with E-state index in [0.29, 0.717) is 47.7 Å². The summed E-state index contributed by atoms with van der Waals surface area (Å²) in [5.41, 5.74) is 1.68. The van der Waals surface area contributed by atoms with E-state index in [9.17, 15) is 9.59 Å². The SMILES string of the molecule is COc1cccc(N2CCN(C(=O)CC[C@@H]3Nc4c5cc(OC)c(OC)cc5nc(=S)n4C3=O)CC2)c1. The van der Waals surface area contributed by atoms with Crippen molar-refractivity contribution in [3.8, 4) is 17.2 Å². The number of nitrogens with one attached hydrogen (secondary N) is 1. The summed E-state index contributed by atoms with van der Waals surface area (Å²) in [4.78, 5) is 34.7. The first-order valence-electron chi connectivity index (χ1n) is 12.1. The van der Waals surface area contributed by atoms with E-state index in [1.165, 1.54) is 4.57 Å². The van der Waals surface area contributed by atoms with Crippen molar-refractivity contribution in [2.75, 3.05) is 57.7 Å². The predicted molar refractivity (Wildman–Crippen MR) is 143 cm³/mol. The molecule has 2 aromatic carbocycles. The predicted octanol–water partition coefficient (Wildman–Crippen LogP) is 3.35. The highest BCUT2D eigenvalue weighted by Crippen LogP contribution is 2.37. The zero-order chi connectivity index (χ0) is 26.1. The molecule has 1 aromatic heterocycles.